The van der Waals surface area contributed by atoms with E-state index >= 15 is 0 Å². The van der Waals surface area contributed by atoms with Gasteiger partial charge in [-0.05, 0) is 29.8 Å². The molecule has 140 valence electrons. The van der Waals surface area contributed by atoms with Crippen molar-refractivity contribution in [2.24, 2.45) is 0 Å². The molecule has 0 bridgehead atoms. The predicted octanol–water partition coefficient (Wildman–Crippen LogP) is 3.06. The number of ether oxygens (including phenoxy) is 1. The Balaban J connectivity index is 1.50. The highest BCUT2D eigenvalue weighted by atomic mass is 19.1. The molecule has 0 unspecified atom stereocenters. The van der Waals surface area contributed by atoms with Crippen LogP contribution in [-0.2, 0) is 6.54 Å². The zero-order valence-electron chi connectivity index (χ0n) is 15.1. The van der Waals surface area contributed by atoms with Crippen LogP contribution in [0.25, 0.3) is 0 Å². The number of carbonyl (C=O) groups excluding carboxylic acids is 1. The van der Waals surface area contributed by atoms with Crippen LogP contribution in [-0.4, -0.2) is 49.1 Å². The average Bonchev–Trinajstić information content (AvgIpc) is 2.69. The number of halogens is 1. The monoisotopic (exact) mass is 368 g/mol. The van der Waals surface area contributed by atoms with E-state index in [1.807, 2.05) is 24.3 Å². The molecule has 7 heteroatoms. The molecular formula is C20H21FN4O2. The molecule has 6 nitrogen and oxygen atoms in total. The number of anilines is 1. The molecule has 1 aliphatic rings. The molecule has 2 aromatic carbocycles. The van der Waals surface area contributed by atoms with Crippen molar-refractivity contribution in [3.05, 3.63) is 59.4 Å². The summed E-state index contributed by atoms with van der Waals surface area (Å²) in [7, 11) is 1.40. The van der Waals surface area contributed by atoms with E-state index in [4.69, 9.17) is 10.00 Å². The molecule has 0 radical (unpaired) electrons. The summed E-state index contributed by atoms with van der Waals surface area (Å²) in [5, 5.41) is 11.6. The molecular weight excluding hydrogens is 347 g/mol. The standard InChI is InChI=1S/C20H21FN4O2/c1-27-19-7-6-17(12-18(19)21)23-20(26)25-10-8-24(9-11-25)14-16-4-2-15(13-22)3-5-16/h2-7,12H,8-11,14H2,1H3,(H,23,26). The van der Waals surface area contributed by atoms with Crippen LogP contribution in [0, 0.1) is 17.1 Å². The van der Waals surface area contributed by atoms with Crippen LogP contribution in [0.4, 0.5) is 14.9 Å². The van der Waals surface area contributed by atoms with Gasteiger partial charge in [0.1, 0.15) is 0 Å². The zero-order valence-corrected chi connectivity index (χ0v) is 15.1. The Morgan fingerprint density at radius 1 is 1.19 bits per heavy atom. The summed E-state index contributed by atoms with van der Waals surface area (Å²) in [6.07, 6.45) is 0. The Labute approximate surface area is 157 Å². The van der Waals surface area contributed by atoms with Crippen LogP contribution in [0.2, 0.25) is 0 Å². The van der Waals surface area contributed by atoms with Crippen molar-refractivity contribution < 1.29 is 13.9 Å². The van der Waals surface area contributed by atoms with Crippen LogP contribution in [0.3, 0.4) is 0 Å². The number of benzene rings is 2. The summed E-state index contributed by atoms with van der Waals surface area (Å²) >= 11 is 0. The van der Waals surface area contributed by atoms with Crippen molar-refractivity contribution in [3.63, 3.8) is 0 Å². The molecule has 1 saturated heterocycles. The van der Waals surface area contributed by atoms with Crippen molar-refractivity contribution in [2.75, 3.05) is 38.6 Å². The lowest BCUT2D eigenvalue weighted by molar-refractivity contribution is 0.143. The number of nitrogens with zero attached hydrogens (tertiary/aromatic N) is 3. The second kappa shape index (κ2) is 8.52. The van der Waals surface area contributed by atoms with E-state index in [1.165, 1.54) is 19.2 Å². The molecule has 3 rings (SSSR count). The van der Waals surface area contributed by atoms with E-state index in [2.05, 4.69) is 16.3 Å². The highest BCUT2D eigenvalue weighted by Gasteiger charge is 2.21. The van der Waals surface area contributed by atoms with E-state index in [-0.39, 0.29) is 11.8 Å². The lowest BCUT2D eigenvalue weighted by Crippen LogP contribution is -2.49. The number of nitriles is 1. The fourth-order valence-electron chi connectivity index (χ4n) is 3.00. The third-order valence-electron chi connectivity index (χ3n) is 4.55. The normalized spacial score (nSPS) is 14.5. The van der Waals surface area contributed by atoms with Gasteiger partial charge in [0.15, 0.2) is 11.6 Å². The topological polar surface area (TPSA) is 68.6 Å². The number of hydrogen-bond acceptors (Lipinski definition) is 4. The quantitative estimate of drug-likeness (QED) is 0.901. The van der Waals surface area contributed by atoms with Crippen molar-refractivity contribution in [3.8, 4) is 11.8 Å². The molecule has 0 spiro atoms. The van der Waals surface area contributed by atoms with Gasteiger partial charge in [-0.15, -0.1) is 0 Å². The van der Waals surface area contributed by atoms with Gasteiger partial charge < -0.3 is 15.0 Å². The molecule has 1 fully saturated rings. The van der Waals surface area contributed by atoms with Crippen molar-refractivity contribution >= 4 is 11.7 Å². The highest BCUT2D eigenvalue weighted by molar-refractivity contribution is 5.89. The van der Waals surface area contributed by atoms with Gasteiger partial charge in [0.05, 0.1) is 18.7 Å². The van der Waals surface area contributed by atoms with Gasteiger partial charge in [-0.2, -0.15) is 5.26 Å². The van der Waals surface area contributed by atoms with Crippen LogP contribution in [0.1, 0.15) is 11.1 Å². The minimum absolute atomic E-state index is 0.143. The predicted molar refractivity (Wildman–Crippen MR) is 100.0 cm³/mol. The number of amides is 2. The molecule has 1 aliphatic heterocycles. The molecule has 2 amide bonds. The van der Waals surface area contributed by atoms with Gasteiger partial charge in [0.2, 0.25) is 0 Å². The highest BCUT2D eigenvalue weighted by Crippen LogP contribution is 2.21. The third-order valence-corrected chi connectivity index (χ3v) is 4.55. The molecule has 0 atom stereocenters. The number of carbonyl (C=O) groups is 1. The van der Waals surface area contributed by atoms with Gasteiger partial charge in [-0.1, -0.05) is 12.1 Å². The first-order valence-electron chi connectivity index (χ1n) is 8.70. The smallest absolute Gasteiger partial charge is 0.321 e. The van der Waals surface area contributed by atoms with Crippen molar-refractivity contribution in [2.45, 2.75) is 6.54 Å². The molecule has 0 aromatic heterocycles. The largest absolute Gasteiger partial charge is 0.494 e. The minimum atomic E-state index is -0.512. The number of hydrogen-bond donors (Lipinski definition) is 1. The van der Waals surface area contributed by atoms with Gasteiger partial charge in [-0.3, -0.25) is 4.90 Å². The molecule has 1 N–H and O–H groups in total. The maximum Gasteiger partial charge on any atom is 0.321 e. The van der Waals surface area contributed by atoms with E-state index in [1.54, 1.807) is 11.0 Å². The molecule has 0 saturated carbocycles. The summed E-state index contributed by atoms with van der Waals surface area (Å²) in [4.78, 5) is 16.4. The Hall–Kier alpha value is -3.11. The summed E-state index contributed by atoms with van der Waals surface area (Å²) in [5.41, 5.74) is 2.19. The summed E-state index contributed by atoms with van der Waals surface area (Å²) < 4.78 is 18.6. The maximum absolute atomic E-state index is 13.7. The number of nitrogens with one attached hydrogen (secondary N) is 1. The summed E-state index contributed by atoms with van der Waals surface area (Å²) in [6.45, 7) is 3.49. The Morgan fingerprint density at radius 2 is 1.89 bits per heavy atom. The molecule has 2 aromatic rings. The van der Waals surface area contributed by atoms with E-state index in [9.17, 15) is 9.18 Å². The first kappa shape index (κ1) is 18.7. The number of methoxy groups -OCH3 is 1. The second-order valence-corrected chi connectivity index (χ2v) is 6.35. The van der Waals surface area contributed by atoms with E-state index < -0.39 is 5.82 Å². The van der Waals surface area contributed by atoms with E-state index in [0.717, 1.165) is 25.2 Å². The Bertz CT molecular complexity index is 840. The maximum atomic E-state index is 13.7. The van der Waals surface area contributed by atoms with Crippen LogP contribution < -0.4 is 10.1 Å². The Kier molecular flexibility index (Phi) is 5.89. The third kappa shape index (κ3) is 4.74. The fraction of sp³-hybridized carbons (Fsp3) is 0.300. The molecule has 0 aliphatic carbocycles. The fourth-order valence-corrected chi connectivity index (χ4v) is 3.00. The molecule has 27 heavy (non-hydrogen) atoms. The van der Waals surface area contributed by atoms with Crippen molar-refractivity contribution in [1.82, 2.24) is 9.80 Å². The minimum Gasteiger partial charge on any atom is -0.494 e. The van der Waals surface area contributed by atoms with Crippen LogP contribution >= 0.6 is 0 Å². The number of piperazine rings is 1. The van der Waals surface area contributed by atoms with Crippen LogP contribution in [0.5, 0.6) is 5.75 Å². The second-order valence-electron chi connectivity index (χ2n) is 6.35. The first-order valence-corrected chi connectivity index (χ1v) is 8.70. The van der Waals surface area contributed by atoms with Crippen LogP contribution in [0.15, 0.2) is 42.5 Å². The van der Waals surface area contributed by atoms with Gasteiger partial charge in [0.25, 0.3) is 0 Å². The lowest BCUT2D eigenvalue weighted by Gasteiger charge is -2.34. The summed E-state index contributed by atoms with van der Waals surface area (Å²) in [6, 6.07) is 13.8. The number of rotatable bonds is 4. The van der Waals surface area contributed by atoms with Gasteiger partial charge in [-0.25, -0.2) is 9.18 Å². The molecule has 1 heterocycles. The SMILES string of the molecule is COc1ccc(NC(=O)N2CCN(Cc3ccc(C#N)cc3)CC2)cc1F. The lowest BCUT2D eigenvalue weighted by atomic mass is 10.1. The average molecular weight is 368 g/mol. The van der Waals surface area contributed by atoms with E-state index in [0.29, 0.717) is 24.3 Å². The van der Waals surface area contributed by atoms with Crippen molar-refractivity contribution in [1.29, 1.82) is 5.26 Å². The summed E-state index contributed by atoms with van der Waals surface area (Å²) in [5.74, 6) is -0.369. The Morgan fingerprint density at radius 3 is 2.48 bits per heavy atom. The zero-order chi connectivity index (χ0) is 19.2. The number of urea groups is 1. The van der Waals surface area contributed by atoms with Gasteiger partial charge in [0, 0.05) is 44.5 Å². The van der Waals surface area contributed by atoms with Gasteiger partial charge >= 0.3 is 6.03 Å². The first-order chi connectivity index (χ1) is 13.1.